The summed E-state index contributed by atoms with van der Waals surface area (Å²) >= 11 is 0. The predicted molar refractivity (Wildman–Crippen MR) is 87.8 cm³/mol. The Kier molecular flexibility index (Phi) is 15.2. The number of hydrogen-bond donors (Lipinski definition) is 3. The second kappa shape index (κ2) is 15.7. The Morgan fingerprint density at radius 1 is 1.05 bits per heavy atom. The summed E-state index contributed by atoms with van der Waals surface area (Å²) in [5.74, 6) is -0.194. The van der Waals surface area contributed by atoms with Crippen molar-refractivity contribution in [1.82, 2.24) is 5.32 Å². The van der Waals surface area contributed by atoms with Crippen molar-refractivity contribution in [3.63, 3.8) is 0 Å². The van der Waals surface area contributed by atoms with Gasteiger partial charge in [-0.1, -0.05) is 58.3 Å². The van der Waals surface area contributed by atoms with Gasteiger partial charge in [0.2, 0.25) is 0 Å². The number of nitrogens with one attached hydrogen (secondary N) is 1. The molecule has 0 saturated carbocycles. The van der Waals surface area contributed by atoms with E-state index in [-0.39, 0.29) is 5.97 Å². The molecule has 0 aliphatic heterocycles. The zero-order chi connectivity index (χ0) is 15.8. The van der Waals surface area contributed by atoms with Crippen LogP contribution in [0, 0.1) is 0 Å². The normalized spacial score (nSPS) is 12.3. The largest absolute Gasteiger partial charge is 0.445 e. The van der Waals surface area contributed by atoms with Gasteiger partial charge in [0.1, 0.15) is 0 Å². The highest BCUT2D eigenvalue weighted by molar-refractivity contribution is 5.69. The molecule has 0 radical (unpaired) electrons. The van der Waals surface area contributed by atoms with Gasteiger partial charge in [-0.3, -0.25) is 10.5 Å². The zero-order valence-corrected chi connectivity index (χ0v) is 13.7. The summed E-state index contributed by atoms with van der Waals surface area (Å²) in [4.78, 5) is 11.5. The van der Waals surface area contributed by atoms with Crippen molar-refractivity contribution >= 4 is 5.97 Å². The van der Waals surface area contributed by atoms with Gasteiger partial charge in [0.05, 0.1) is 0 Å². The molecule has 0 aromatic heterocycles. The van der Waals surface area contributed by atoms with Gasteiger partial charge in [0.25, 0.3) is 0 Å². The minimum Gasteiger partial charge on any atom is -0.445 e. The maximum Gasteiger partial charge on any atom is 0.307 e. The molecule has 0 amide bonds. The van der Waals surface area contributed by atoms with Crippen molar-refractivity contribution in [2.45, 2.75) is 77.4 Å². The van der Waals surface area contributed by atoms with Crippen molar-refractivity contribution in [2.75, 3.05) is 19.6 Å². The molecule has 0 bridgehead atoms. The van der Waals surface area contributed by atoms with Crippen LogP contribution in [-0.4, -0.2) is 31.8 Å². The molecular formula is C16H35N3O2. The highest BCUT2D eigenvalue weighted by atomic mass is 16.6. The summed E-state index contributed by atoms with van der Waals surface area (Å²) in [7, 11) is 0. The van der Waals surface area contributed by atoms with Crippen LogP contribution in [0.15, 0.2) is 0 Å². The molecule has 0 aliphatic rings. The van der Waals surface area contributed by atoms with E-state index in [2.05, 4.69) is 12.2 Å². The fourth-order valence-corrected chi connectivity index (χ4v) is 2.20. The van der Waals surface area contributed by atoms with Crippen LogP contribution < -0.4 is 16.8 Å². The summed E-state index contributed by atoms with van der Waals surface area (Å²) in [5, 5.41) is 3.02. The number of carbonyl (C=O) groups excluding carboxylic acids is 1. The van der Waals surface area contributed by atoms with Crippen molar-refractivity contribution < 1.29 is 9.53 Å². The quantitative estimate of drug-likeness (QED) is 0.245. The average Bonchev–Trinajstić information content (AvgIpc) is 2.45. The molecule has 5 N–H and O–H groups in total. The van der Waals surface area contributed by atoms with Gasteiger partial charge < -0.3 is 15.8 Å². The third-order valence-corrected chi connectivity index (χ3v) is 3.43. The van der Waals surface area contributed by atoms with E-state index in [1.165, 1.54) is 44.9 Å². The number of unbranched alkanes of at least 4 members (excludes halogenated alkanes) is 8. The topological polar surface area (TPSA) is 90.4 Å². The van der Waals surface area contributed by atoms with Crippen molar-refractivity contribution in [2.24, 2.45) is 11.5 Å². The maximum absolute atomic E-state index is 11.5. The molecule has 126 valence electrons. The SMILES string of the molecule is CCCCCCCCCCCC(=O)OC(N)CNCCN. The first-order valence-corrected chi connectivity index (χ1v) is 8.56. The van der Waals surface area contributed by atoms with Crippen molar-refractivity contribution in [3.05, 3.63) is 0 Å². The predicted octanol–water partition coefficient (Wildman–Crippen LogP) is 2.28. The van der Waals surface area contributed by atoms with Gasteiger partial charge in [-0.2, -0.15) is 0 Å². The molecule has 0 aromatic rings. The number of hydrogen-bond acceptors (Lipinski definition) is 5. The number of ether oxygens (including phenoxy) is 1. The highest BCUT2D eigenvalue weighted by Crippen LogP contribution is 2.10. The summed E-state index contributed by atoms with van der Waals surface area (Å²) in [6, 6.07) is 0. The molecular weight excluding hydrogens is 266 g/mol. The lowest BCUT2D eigenvalue weighted by Crippen LogP contribution is -2.39. The molecule has 1 atom stereocenters. The monoisotopic (exact) mass is 301 g/mol. The molecule has 21 heavy (non-hydrogen) atoms. The Hall–Kier alpha value is -0.650. The number of esters is 1. The lowest BCUT2D eigenvalue weighted by atomic mass is 10.1. The van der Waals surface area contributed by atoms with E-state index in [1.807, 2.05) is 0 Å². The lowest BCUT2D eigenvalue weighted by molar-refractivity contribution is -0.148. The fourth-order valence-electron chi connectivity index (χ4n) is 2.20. The van der Waals surface area contributed by atoms with Crippen LogP contribution in [0.25, 0.3) is 0 Å². The van der Waals surface area contributed by atoms with E-state index in [0.717, 1.165) is 12.8 Å². The Morgan fingerprint density at radius 2 is 1.62 bits per heavy atom. The molecule has 5 nitrogen and oxygen atoms in total. The molecule has 0 aromatic carbocycles. The van der Waals surface area contributed by atoms with Gasteiger partial charge in [-0.05, 0) is 6.42 Å². The van der Waals surface area contributed by atoms with Crippen LogP contribution in [0.3, 0.4) is 0 Å². The van der Waals surface area contributed by atoms with Crippen LogP contribution in [0.4, 0.5) is 0 Å². The van der Waals surface area contributed by atoms with Crippen LogP contribution in [-0.2, 0) is 9.53 Å². The summed E-state index contributed by atoms with van der Waals surface area (Å²) in [6.07, 6.45) is 11.1. The molecule has 0 aliphatic carbocycles. The van der Waals surface area contributed by atoms with Crippen LogP contribution in [0.1, 0.15) is 71.1 Å². The molecule has 0 spiro atoms. The number of rotatable bonds is 15. The Bertz CT molecular complexity index is 238. The molecule has 0 fully saturated rings. The number of nitrogens with two attached hydrogens (primary N) is 2. The minimum atomic E-state index is -0.567. The third kappa shape index (κ3) is 15.6. The third-order valence-electron chi connectivity index (χ3n) is 3.43. The Balaban J connectivity index is 3.29. The van der Waals surface area contributed by atoms with Gasteiger partial charge in [0.15, 0.2) is 6.23 Å². The van der Waals surface area contributed by atoms with Gasteiger partial charge in [0, 0.05) is 26.1 Å². The second-order valence-corrected chi connectivity index (χ2v) is 5.60. The Labute approximate surface area is 130 Å². The van der Waals surface area contributed by atoms with Crippen molar-refractivity contribution in [1.29, 1.82) is 0 Å². The molecule has 5 heteroatoms. The van der Waals surface area contributed by atoms with E-state index < -0.39 is 6.23 Å². The first kappa shape index (κ1) is 20.3. The van der Waals surface area contributed by atoms with E-state index in [4.69, 9.17) is 16.2 Å². The van der Waals surface area contributed by atoms with E-state index >= 15 is 0 Å². The second-order valence-electron chi connectivity index (χ2n) is 5.60. The van der Waals surface area contributed by atoms with Gasteiger partial charge >= 0.3 is 5.97 Å². The summed E-state index contributed by atoms with van der Waals surface area (Å²) < 4.78 is 5.10. The average molecular weight is 301 g/mol. The molecule has 0 saturated heterocycles. The van der Waals surface area contributed by atoms with Crippen molar-refractivity contribution in [3.8, 4) is 0 Å². The highest BCUT2D eigenvalue weighted by Gasteiger charge is 2.08. The van der Waals surface area contributed by atoms with E-state index in [1.54, 1.807) is 0 Å². The minimum absolute atomic E-state index is 0.194. The first-order chi connectivity index (χ1) is 10.2. The van der Waals surface area contributed by atoms with E-state index in [0.29, 0.717) is 26.1 Å². The van der Waals surface area contributed by atoms with Crippen LogP contribution in [0.2, 0.25) is 0 Å². The first-order valence-electron chi connectivity index (χ1n) is 8.56. The maximum atomic E-state index is 11.5. The van der Waals surface area contributed by atoms with Crippen LogP contribution >= 0.6 is 0 Å². The summed E-state index contributed by atoms with van der Waals surface area (Å²) in [5.41, 5.74) is 11.0. The Morgan fingerprint density at radius 3 is 2.19 bits per heavy atom. The lowest BCUT2D eigenvalue weighted by Gasteiger charge is -2.13. The fraction of sp³-hybridized carbons (Fsp3) is 0.938. The molecule has 1 unspecified atom stereocenters. The standard InChI is InChI=1S/C16H35N3O2/c1-2-3-4-5-6-7-8-9-10-11-16(20)21-15(18)14-19-13-12-17/h15,19H,2-14,17-18H2,1H3. The van der Waals surface area contributed by atoms with E-state index in [9.17, 15) is 4.79 Å². The molecule has 0 rings (SSSR count). The zero-order valence-electron chi connectivity index (χ0n) is 13.7. The van der Waals surface area contributed by atoms with Gasteiger partial charge in [-0.15, -0.1) is 0 Å². The van der Waals surface area contributed by atoms with Crippen LogP contribution in [0.5, 0.6) is 0 Å². The summed E-state index contributed by atoms with van der Waals surface area (Å²) in [6.45, 7) is 3.93. The molecule has 0 heterocycles. The number of carbonyl (C=O) groups is 1. The smallest absolute Gasteiger partial charge is 0.307 e. The van der Waals surface area contributed by atoms with Gasteiger partial charge in [-0.25, -0.2) is 0 Å².